The molecule has 0 aromatic carbocycles. The molecule has 0 spiro atoms. The Morgan fingerprint density at radius 3 is 2.88 bits per heavy atom. The van der Waals surface area contributed by atoms with E-state index in [1.165, 1.54) is 0 Å². The topological polar surface area (TPSA) is 138 Å². The van der Waals surface area contributed by atoms with Crippen LogP contribution in [0.15, 0.2) is 9.98 Å². The molecule has 1 rings (SSSR count). The van der Waals surface area contributed by atoms with Crippen molar-refractivity contribution >= 4 is 17.9 Å². The van der Waals surface area contributed by atoms with E-state index in [0.29, 0.717) is 5.96 Å². The molecule has 1 aliphatic heterocycles. The molecule has 8 nitrogen and oxygen atoms in total. The predicted molar refractivity (Wildman–Crippen MR) is 64.3 cm³/mol. The van der Waals surface area contributed by atoms with Crippen LogP contribution in [0.3, 0.4) is 0 Å². The molecule has 1 heterocycles. The first kappa shape index (κ1) is 13.2. The number of carboxylic acids is 1. The van der Waals surface area contributed by atoms with Gasteiger partial charge in [0.1, 0.15) is 0 Å². The maximum atomic E-state index is 10.7. The summed E-state index contributed by atoms with van der Waals surface area (Å²) >= 11 is 0. The highest BCUT2D eigenvalue weighted by molar-refractivity contribution is 5.99. The summed E-state index contributed by atoms with van der Waals surface area (Å²) in [5.74, 6) is -0.330. The molecule has 2 unspecified atom stereocenters. The Kier molecular flexibility index (Phi) is 4.70. The monoisotopic (exact) mass is 242 g/mol. The highest BCUT2D eigenvalue weighted by atomic mass is 16.4. The summed E-state index contributed by atoms with van der Waals surface area (Å²) in [6.07, 6.45) is 0.861. The zero-order valence-corrected chi connectivity index (χ0v) is 9.68. The maximum absolute atomic E-state index is 10.7. The number of carbonyl (C=O) groups is 1. The van der Waals surface area contributed by atoms with Crippen molar-refractivity contribution in [2.24, 2.45) is 21.5 Å². The molecule has 0 saturated heterocycles. The second-order valence-electron chi connectivity index (χ2n) is 3.76. The molecule has 0 aromatic rings. The molecule has 7 N–H and O–H groups in total. The van der Waals surface area contributed by atoms with E-state index in [9.17, 15) is 4.79 Å². The fourth-order valence-corrected chi connectivity index (χ4v) is 1.54. The molecule has 17 heavy (non-hydrogen) atoms. The summed E-state index contributed by atoms with van der Waals surface area (Å²) in [5, 5.41) is 14.4. The smallest absolute Gasteiger partial charge is 0.305 e. The van der Waals surface area contributed by atoms with Gasteiger partial charge in [-0.25, -0.2) is 9.98 Å². The fraction of sp³-hybridized carbons (Fsp3) is 0.667. The molecular formula is C9H18N6O2. The van der Waals surface area contributed by atoms with Crippen molar-refractivity contribution in [3.8, 4) is 0 Å². The zero-order chi connectivity index (χ0) is 12.8. The highest BCUT2D eigenvalue weighted by Gasteiger charge is 2.17. The Hall–Kier alpha value is -1.83. The van der Waals surface area contributed by atoms with Crippen molar-refractivity contribution in [2.75, 3.05) is 0 Å². The van der Waals surface area contributed by atoms with Gasteiger partial charge >= 0.3 is 5.97 Å². The van der Waals surface area contributed by atoms with E-state index < -0.39 is 12.3 Å². The number of guanidine groups is 2. The van der Waals surface area contributed by atoms with Gasteiger partial charge in [-0.3, -0.25) is 15.8 Å². The van der Waals surface area contributed by atoms with Gasteiger partial charge < -0.3 is 16.2 Å². The summed E-state index contributed by atoms with van der Waals surface area (Å²) in [7, 11) is 0. The molecule has 1 aliphatic rings. The Morgan fingerprint density at radius 1 is 1.65 bits per heavy atom. The number of carboxylic acid groups (broad SMARTS) is 1. The van der Waals surface area contributed by atoms with Crippen molar-refractivity contribution in [2.45, 2.75) is 38.5 Å². The van der Waals surface area contributed by atoms with Gasteiger partial charge in [-0.1, -0.05) is 13.3 Å². The van der Waals surface area contributed by atoms with E-state index in [0.717, 1.165) is 12.8 Å². The number of rotatable bonds is 5. The summed E-state index contributed by atoms with van der Waals surface area (Å²) < 4.78 is 0. The summed E-state index contributed by atoms with van der Waals surface area (Å²) in [5.41, 5.74) is 11.0. The van der Waals surface area contributed by atoms with E-state index in [4.69, 9.17) is 16.6 Å². The number of nitrogens with two attached hydrogens (primary N) is 2. The molecule has 0 fully saturated rings. The van der Waals surface area contributed by atoms with Crippen molar-refractivity contribution in [3.63, 3.8) is 0 Å². The Morgan fingerprint density at radius 2 is 2.35 bits per heavy atom. The molecule has 96 valence electrons. The van der Waals surface area contributed by atoms with Gasteiger partial charge in [0.05, 0.1) is 6.42 Å². The van der Waals surface area contributed by atoms with E-state index in [1.807, 2.05) is 6.92 Å². The second kappa shape index (κ2) is 6.04. The first-order valence-electron chi connectivity index (χ1n) is 5.43. The van der Waals surface area contributed by atoms with Crippen LogP contribution in [0.4, 0.5) is 0 Å². The minimum Gasteiger partial charge on any atom is -0.481 e. The molecule has 2 atom stereocenters. The standard InChI is InChI=1S/C9H18N6O2/c1-2-3-5(4-6(16)17)12-9-14-7(10)13-8(11)15-9/h5,7H,2-4,10H2,1H3,(H,16,17)(H4,11,12,13,14,15). The average molecular weight is 242 g/mol. The van der Waals surface area contributed by atoms with E-state index in [1.54, 1.807) is 0 Å². The number of aliphatic carboxylic acids is 1. The van der Waals surface area contributed by atoms with Gasteiger partial charge in [0.25, 0.3) is 0 Å². The molecule has 0 radical (unpaired) electrons. The lowest BCUT2D eigenvalue weighted by Gasteiger charge is -2.22. The number of nitrogens with zero attached hydrogens (tertiary/aromatic N) is 2. The number of aliphatic imine (C=N–C) groups is 2. The van der Waals surface area contributed by atoms with E-state index in [2.05, 4.69) is 20.6 Å². The average Bonchev–Trinajstić information content (AvgIpc) is 2.14. The normalized spacial score (nSPS) is 20.9. The first-order valence-corrected chi connectivity index (χ1v) is 5.43. The maximum Gasteiger partial charge on any atom is 0.305 e. The van der Waals surface area contributed by atoms with Crippen molar-refractivity contribution < 1.29 is 9.90 Å². The van der Waals surface area contributed by atoms with Crippen LogP contribution in [0.5, 0.6) is 0 Å². The van der Waals surface area contributed by atoms with Crippen LogP contribution < -0.4 is 22.1 Å². The summed E-state index contributed by atoms with van der Waals surface area (Å²) in [6.45, 7) is 1.98. The number of hydrogen-bond acceptors (Lipinski definition) is 7. The molecule has 0 aromatic heterocycles. The van der Waals surface area contributed by atoms with Crippen LogP contribution in [0, 0.1) is 0 Å². The molecule has 0 saturated carbocycles. The molecule has 0 aliphatic carbocycles. The van der Waals surface area contributed by atoms with Crippen LogP contribution in [-0.4, -0.2) is 35.3 Å². The Balaban J connectivity index is 2.57. The van der Waals surface area contributed by atoms with Gasteiger partial charge in [0.15, 0.2) is 12.2 Å². The number of hydrogen-bond donors (Lipinski definition) is 5. The third kappa shape index (κ3) is 4.68. The lowest BCUT2D eigenvalue weighted by molar-refractivity contribution is -0.137. The van der Waals surface area contributed by atoms with Crippen LogP contribution >= 0.6 is 0 Å². The third-order valence-corrected chi connectivity index (χ3v) is 2.18. The quantitative estimate of drug-likeness (QED) is 0.407. The summed E-state index contributed by atoms with van der Waals surface area (Å²) in [4.78, 5) is 18.4. The first-order chi connectivity index (χ1) is 8.01. The van der Waals surface area contributed by atoms with E-state index >= 15 is 0 Å². The summed E-state index contributed by atoms with van der Waals surface area (Å²) in [6, 6.07) is -0.207. The zero-order valence-electron chi connectivity index (χ0n) is 9.68. The van der Waals surface area contributed by atoms with Crippen LogP contribution in [0.2, 0.25) is 0 Å². The van der Waals surface area contributed by atoms with Gasteiger partial charge in [-0.2, -0.15) is 0 Å². The molecule has 0 bridgehead atoms. The van der Waals surface area contributed by atoms with Crippen LogP contribution in [0.25, 0.3) is 0 Å². The van der Waals surface area contributed by atoms with Gasteiger partial charge in [-0.05, 0) is 6.42 Å². The van der Waals surface area contributed by atoms with Gasteiger partial charge in [0.2, 0.25) is 5.96 Å². The van der Waals surface area contributed by atoms with Crippen LogP contribution in [0.1, 0.15) is 26.2 Å². The highest BCUT2D eigenvalue weighted by Crippen LogP contribution is 2.02. The molecule has 8 heteroatoms. The Bertz CT molecular complexity index is 340. The largest absolute Gasteiger partial charge is 0.481 e. The lowest BCUT2D eigenvalue weighted by Crippen LogP contribution is -2.52. The van der Waals surface area contributed by atoms with Crippen LogP contribution in [-0.2, 0) is 4.79 Å². The molecular weight excluding hydrogens is 224 g/mol. The second-order valence-corrected chi connectivity index (χ2v) is 3.76. The third-order valence-electron chi connectivity index (χ3n) is 2.18. The lowest BCUT2D eigenvalue weighted by atomic mass is 10.1. The Labute approximate surface area is 99.2 Å². The SMILES string of the molecule is CCCC(CC(=O)O)NC1=NC(N)N=C(N)N1. The predicted octanol–water partition coefficient (Wildman–Crippen LogP) is -1.26. The van der Waals surface area contributed by atoms with Crippen molar-refractivity contribution in [3.05, 3.63) is 0 Å². The fourth-order valence-electron chi connectivity index (χ4n) is 1.54. The van der Waals surface area contributed by atoms with Crippen molar-refractivity contribution in [1.82, 2.24) is 10.6 Å². The minimum atomic E-state index is -0.863. The molecule has 0 amide bonds. The van der Waals surface area contributed by atoms with E-state index in [-0.39, 0.29) is 18.4 Å². The minimum absolute atomic E-state index is 0.0147. The van der Waals surface area contributed by atoms with Gasteiger partial charge in [0, 0.05) is 6.04 Å². The van der Waals surface area contributed by atoms with Gasteiger partial charge in [-0.15, -0.1) is 0 Å². The number of nitrogens with one attached hydrogen (secondary N) is 2. The van der Waals surface area contributed by atoms with Crippen molar-refractivity contribution in [1.29, 1.82) is 0 Å².